The Kier molecular flexibility index (Phi) is 4.78. The van der Waals surface area contributed by atoms with E-state index in [1.807, 2.05) is 0 Å². The second-order valence-corrected chi connectivity index (χ2v) is 6.10. The molecule has 0 radical (unpaired) electrons. The van der Waals surface area contributed by atoms with Crippen molar-refractivity contribution in [3.05, 3.63) is 17.0 Å². The van der Waals surface area contributed by atoms with Crippen molar-refractivity contribution in [2.75, 3.05) is 13.2 Å². The van der Waals surface area contributed by atoms with E-state index in [2.05, 4.69) is 0 Å². The number of rotatable bonds is 6. The summed E-state index contributed by atoms with van der Waals surface area (Å²) >= 11 is 0.961. The standard InChI is InChI=1S/C8H11F2NO3S2/c9-7(10)5-11-16(13,14)8-2-1-6(15-8)3-4-12/h1-2,7,11-12H,3-5H2. The van der Waals surface area contributed by atoms with E-state index in [4.69, 9.17) is 5.11 Å². The summed E-state index contributed by atoms with van der Waals surface area (Å²) < 4.78 is 48.4. The Morgan fingerprint density at radius 3 is 2.69 bits per heavy atom. The van der Waals surface area contributed by atoms with Crippen LogP contribution >= 0.6 is 11.3 Å². The lowest BCUT2D eigenvalue weighted by molar-refractivity contribution is 0.153. The van der Waals surface area contributed by atoms with Crippen LogP contribution in [0.15, 0.2) is 16.3 Å². The van der Waals surface area contributed by atoms with Gasteiger partial charge in [0, 0.05) is 17.9 Å². The summed E-state index contributed by atoms with van der Waals surface area (Å²) in [6, 6.07) is 2.89. The Balaban J connectivity index is 2.74. The molecule has 0 bridgehead atoms. The van der Waals surface area contributed by atoms with Crippen LogP contribution in [-0.2, 0) is 16.4 Å². The average Bonchev–Trinajstić information content (AvgIpc) is 2.65. The van der Waals surface area contributed by atoms with Crippen LogP contribution in [0, 0.1) is 0 Å². The molecule has 1 aromatic heterocycles. The van der Waals surface area contributed by atoms with E-state index in [0.29, 0.717) is 11.3 Å². The summed E-state index contributed by atoms with van der Waals surface area (Å²) in [6.07, 6.45) is -2.36. The number of hydrogen-bond acceptors (Lipinski definition) is 4. The van der Waals surface area contributed by atoms with E-state index >= 15 is 0 Å². The van der Waals surface area contributed by atoms with Crippen molar-refractivity contribution < 1.29 is 22.3 Å². The summed E-state index contributed by atoms with van der Waals surface area (Å²) in [4.78, 5) is 0.694. The summed E-state index contributed by atoms with van der Waals surface area (Å²) in [5.41, 5.74) is 0. The highest BCUT2D eigenvalue weighted by Gasteiger charge is 2.18. The highest BCUT2D eigenvalue weighted by molar-refractivity contribution is 7.91. The molecule has 16 heavy (non-hydrogen) atoms. The van der Waals surface area contributed by atoms with Crippen molar-refractivity contribution >= 4 is 21.4 Å². The van der Waals surface area contributed by atoms with Crippen molar-refractivity contribution in [2.45, 2.75) is 17.1 Å². The number of aliphatic hydroxyl groups is 1. The second-order valence-electron chi connectivity index (χ2n) is 2.94. The van der Waals surface area contributed by atoms with Gasteiger partial charge < -0.3 is 5.11 Å². The zero-order chi connectivity index (χ0) is 12.2. The van der Waals surface area contributed by atoms with Crippen molar-refractivity contribution in [3.63, 3.8) is 0 Å². The van der Waals surface area contributed by atoms with Crippen LogP contribution in [0.2, 0.25) is 0 Å². The smallest absolute Gasteiger partial charge is 0.251 e. The van der Waals surface area contributed by atoms with Crippen LogP contribution in [0.4, 0.5) is 8.78 Å². The largest absolute Gasteiger partial charge is 0.396 e. The Morgan fingerprint density at radius 2 is 2.12 bits per heavy atom. The van der Waals surface area contributed by atoms with Gasteiger partial charge in [0.25, 0.3) is 6.43 Å². The molecule has 0 aliphatic rings. The molecule has 0 fully saturated rings. The van der Waals surface area contributed by atoms with Crippen LogP contribution in [-0.4, -0.2) is 33.1 Å². The summed E-state index contributed by atoms with van der Waals surface area (Å²) in [5.74, 6) is 0. The fourth-order valence-corrected chi connectivity index (χ4v) is 3.39. The van der Waals surface area contributed by atoms with Gasteiger partial charge in [-0.3, -0.25) is 0 Å². The zero-order valence-electron chi connectivity index (χ0n) is 8.19. The number of hydrogen-bond donors (Lipinski definition) is 2. The van der Waals surface area contributed by atoms with E-state index in [1.165, 1.54) is 6.07 Å². The average molecular weight is 271 g/mol. The minimum atomic E-state index is -3.85. The molecular formula is C8H11F2NO3S2. The minimum absolute atomic E-state index is 0.0170. The van der Waals surface area contributed by atoms with Gasteiger partial charge >= 0.3 is 0 Å². The quantitative estimate of drug-likeness (QED) is 0.805. The Hall–Kier alpha value is -0.570. The summed E-state index contributed by atoms with van der Waals surface area (Å²) in [5, 5.41) is 8.65. The highest BCUT2D eigenvalue weighted by atomic mass is 32.2. The molecule has 92 valence electrons. The van der Waals surface area contributed by atoms with Crippen LogP contribution in [0.1, 0.15) is 4.88 Å². The highest BCUT2D eigenvalue weighted by Crippen LogP contribution is 2.21. The molecule has 0 amide bonds. The first-order valence-corrected chi connectivity index (χ1v) is 6.73. The van der Waals surface area contributed by atoms with Gasteiger partial charge in [-0.1, -0.05) is 0 Å². The van der Waals surface area contributed by atoms with Gasteiger partial charge in [0.05, 0.1) is 6.54 Å². The van der Waals surface area contributed by atoms with E-state index in [1.54, 1.807) is 10.8 Å². The predicted molar refractivity (Wildman–Crippen MR) is 56.3 cm³/mol. The molecule has 0 unspecified atom stereocenters. The van der Waals surface area contributed by atoms with Crippen LogP contribution < -0.4 is 4.72 Å². The molecule has 0 atom stereocenters. The zero-order valence-corrected chi connectivity index (χ0v) is 9.82. The maximum absolute atomic E-state index is 11.9. The van der Waals surface area contributed by atoms with Gasteiger partial charge in [-0.15, -0.1) is 11.3 Å². The predicted octanol–water partition coefficient (Wildman–Crippen LogP) is 0.826. The number of nitrogens with one attached hydrogen (secondary N) is 1. The third-order valence-electron chi connectivity index (χ3n) is 1.69. The third-order valence-corrected chi connectivity index (χ3v) is 4.75. The number of halogens is 2. The van der Waals surface area contributed by atoms with Gasteiger partial charge in [-0.05, 0) is 12.1 Å². The number of alkyl halides is 2. The van der Waals surface area contributed by atoms with Gasteiger partial charge in [0.15, 0.2) is 0 Å². The van der Waals surface area contributed by atoms with Crippen molar-refractivity contribution in [1.29, 1.82) is 0 Å². The minimum Gasteiger partial charge on any atom is -0.396 e. The lowest BCUT2D eigenvalue weighted by Gasteiger charge is -2.02. The molecule has 1 rings (SSSR count). The molecule has 0 saturated heterocycles. The van der Waals surface area contributed by atoms with E-state index in [-0.39, 0.29) is 10.8 Å². The fraction of sp³-hybridized carbons (Fsp3) is 0.500. The maximum atomic E-state index is 11.9. The van der Waals surface area contributed by atoms with E-state index in [9.17, 15) is 17.2 Å². The van der Waals surface area contributed by atoms with Crippen molar-refractivity contribution in [2.24, 2.45) is 0 Å². The number of thiophene rings is 1. The van der Waals surface area contributed by atoms with Crippen LogP contribution in [0.5, 0.6) is 0 Å². The van der Waals surface area contributed by atoms with Gasteiger partial charge in [0.1, 0.15) is 4.21 Å². The number of sulfonamides is 1. The molecule has 4 nitrogen and oxygen atoms in total. The molecule has 0 saturated carbocycles. The maximum Gasteiger partial charge on any atom is 0.251 e. The van der Waals surface area contributed by atoms with Crippen molar-refractivity contribution in [3.8, 4) is 0 Å². The van der Waals surface area contributed by atoms with Crippen LogP contribution in [0.25, 0.3) is 0 Å². The molecule has 8 heteroatoms. The molecule has 1 heterocycles. The first kappa shape index (κ1) is 13.5. The normalized spacial score (nSPS) is 12.2. The SMILES string of the molecule is O=S(=O)(NCC(F)F)c1ccc(CCO)s1. The molecule has 0 aliphatic heterocycles. The molecule has 1 aromatic rings. The van der Waals surface area contributed by atoms with E-state index < -0.39 is 23.0 Å². The molecular weight excluding hydrogens is 260 g/mol. The fourth-order valence-electron chi connectivity index (χ4n) is 0.991. The van der Waals surface area contributed by atoms with Gasteiger partial charge in [-0.2, -0.15) is 0 Å². The molecule has 2 N–H and O–H groups in total. The van der Waals surface area contributed by atoms with Gasteiger partial charge in [-0.25, -0.2) is 21.9 Å². The number of aliphatic hydroxyl groups excluding tert-OH is 1. The molecule has 0 aliphatic carbocycles. The van der Waals surface area contributed by atoms with Crippen molar-refractivity contribution in [1.82, 2.24) is 4.72 Å². The third kappa shape index (κ3) is 3.78. The Labute approximate surface area is 96.0 Å². The Morgan fingerprint density at radius 1 is 1.44 bits per heavy atom. The summed E-state index contributed by atoms with van der Waals surface area (Å²) in [7, 11) is -3.85. The molecule has 0 aromatic carbocycles. The topological polar surface area (TPSA) is 66.4 Å². The monoisotopic (exact) mass is 271 g/mol. The Bertz CT molecular complexity index is 430. The first-order valence-electron chi connectivity index (χ1n) is 4.43. The summed E-state index contributed by atoms with van der Waals surface area (Å²) in [6.45, 7) is -0.972. The lowest BCUT2D eigenvalue weighted by atomic mass is 10.4. The first-order chi connectivity index (χ1) is 7.45. The van der Waals surface area contributed by atoms with E-state index in [0.717, 1.165) is 11.3 Å². The van der Waals surface area contributed by atoms with Crippen LogP contribution in [0.3, 0.4) is 0 Å². The second kappa shape index (κ2) is 5.67. The van der Waals surface area contributed by atoms with Gasteiger partial charge in [0.2, 0.25) is 10.0 Å². The molecule has 0 spiro atoms. The lowest BCUT2D eigenvalue weighted by Crippen LogP contribution is -2.27.